The lowest BCUT2D eigenvalue weighted by Gasteiger charge is -2.17. The Balaban J connectivity index is 2.51. The standard InChI is InChI=1S/C15H21Cl2N/c1-3-4-5-6-7-8-15(18-2)12-9-13(16)11-14(17)10-12/h3,9-11,15,18H,1,4-8H2,2H3. The van der Waals surface area contributed by atoms with Crippen LogP contribution in [0, 0.1) is 0 Å². The molecule has 0 saturated carbocycles. The highest BCUT2D eigenvalue weighted by Gasteiger charge is 2.10. The van der Waals surface area contributed by atoms with Crippen molar-refractivity contribution in [1.82, 2.24) is 5.32 Å². The third kappa shape index (κ3) is 5.43. The van der Waals surface area contributed by atoms with Crippen LogP contribution in [0.3, 0.4) is 0 Å². The van der Waals surface area contributed by atoms with Crippen molar-refractivity contribution in [2.45, 2.75) is 38.1 Å². The van der Waals surface area contributed by atoms with Crippen LogP contribution in [0.2, 0.25) is 10.0 Å². The second-order valence-corrected chi connectivity index (χ2v) is 5.34. The van der Waals surface area contributed by atoms with E-state index in [0.717, 1.165) is 12.8 Å². The van der Waals surface area contributed by atoms with Gasteiger partial charge in [-0.1, -0.05) is 42.1 Å². The maximum absolute atomic E-state index is 6.03. The minimum absolute atomic E-state index is 0.324. The first-order valence-corrected chi connectivity index (χ1v) is 7.17. The van der Waals surface area contributed by atoms with Crippen LogP contribution in [0.1, 0.15) is 43.7 Å². The van der Waals surface area contributed by atoms with Crippen LogP contribution in [0.5, 0.6) is 0 Å². The van der Waals surface area contributed by atoms with E-state index in [0.29, 0.717) is 16.1 Å². The summed E-state index contributed by atoms with van der Waals surface area (Å²) in [6.45, 7) is 3.73. The quantitative estimate of drug-likeness (QED) is 0.499. The lowest BCUT2D eigenvalue weighted by Crippen LogP contribution is -2.16. The van der Waals surface area contributed by atoms with E-state index in [2.05, 4.69) is 11.9 Å². The molecule has 1 nitrogen and oxygen atoms in total. The highest BCUT2D eigenvalue weighted by molar-refractivity contribution is 6.34. The van der Waals surface area contributed by atoms with Crippen LogP contribution in [0.25, 0.3) is 0 Å². The highest BCUT2D eigenvalue weighted by atomic mass is 35.5. The summed E-state index contributed by atoms with van der Waals surface area (Å²) in [7, 11) is 1.98. The molecule has 1 unspecified atom stereocenters. The Morgan fingerprint density at radius 2 is 1.83 bits per heavy atom. The first kappa shape index (κ1) is 15.6. The molecule has 0 saturated heterocycles. The van der Waals surface area contributed by atoms with E-state index in [1.807, 2.05) is 25.3 Å². The third-order valence-electron chi connectivity index (χ3n) is 3.04. The molecule has 1 rings (SSSR count). The molecule has 0 fully saturated rings. The Bertz CT molecular complexity index is 357. The van der Waals surface area contributed by atoms with Gasteiger partial charge in [0.2, 0.25) is 0 Å². The van der Waals surface area contributed by atoms with Crippen molar-refractivity contribution < 1.29 is 0 Å². The highest BCUT2D eigenvalue weighted by Crippen LogP contribution is 2.26. The fourth-order valence-corrected chi connectivity index (χ4v) is 2.61. The number of rotatable bonds is 8. The van der Waals surface area contributed by atoms with E-state index in [1.165, 1.54) is 24.8 Å². The van der Waals surface area contributed by atoms with Crippen LogP contribution < -0.4 is 5.32 Å². The molecule has 0 radical (unpaired) electrons. The number of hydrogen-bond acceptors (Lipinski definition) is 1. The van der Waals surface area contributed by atoms with Gasteiger partial charge in [-0.05, 0) is 50.1 Å². The number of halogens is 2. The van der Waals surface area contributed by atoms with Crippen molar-refractivity contribution in [2.24, 2.45) is 0 Å². The van der Waals surface area contributed by atoms with E-state index in [4.69, 9.17) is 23.2 Å². The molecule has 1 N–H and O–H groups in total. The maximum Gasteiger partial charge on any atom is 0.0424 e. The maximum atomic E-state index is 6.03. The van der Waals surface area contributed by atoms with E-state index in [-0.39, 0.29) is 0 Å². The van der Waals surface area contributed by atoms with Crippen molar-refractivity contribution in [3.63, 3.8) is 0 Å². The van der Waals surface area contributed by atoms with Gasteiger partial charge in [0, 0.05) is 16.1 Å². The summed E-state index contributed by atoms with van der Waals surface area (Å²) in [5.41, 5.74) is 1.17. The predicted molar refractivity (Wildman–Crippen MR) is 81.5 cm³/mol. The Morgan fingerprint density at radius 3 is 2.39 bits per heavy atom. The summed E-state index contributed by atoms with van der Waals surface area (Å²) < 4.78 is 0. The topological polar surface area (TPSA) is 12.0 Å². The summed E-state index contributed by atoms with van der Waals surface area (Å²) in [4.78, 5) is 0. The SMILES string of the molecule is C=CCCCCCC(NC)c1cc(Cl)cc(Cl)c1. The molecule has 0 aliphatic heterocycles. The molecule has 0 aromatic heterocycles. The fraction of sp³-hybridized carbons (Fsp3) is 0.467. The molecule has 0 amide bonds. The van der Waals surface area contributed by atoms with E-state index >= 15 is 0 Å². The first-order chi connectivity index (χ1) is 8.67. The van der Waals surface area contributed by atoms with Gasteiger partial charge in [-0.2, -0.15) is 0 Å². The minimum Gasteiger partial charge on any atom is -0.313 e. The van der Waals surface area contributed by atoms with E-state index < -0.39 is 0 Å². The van der Waals surface area contributed by atoms with Crippen LogP contribution >= 0.6 is 23.2 Å². The van der Waals surface area contributed by atoms with Crippen molar-refractivity contribution in [1.29, 1.82) is 0 Å². The van der Waals surface area contributed by atoms with Crippen molar-refractivity contribution in [2.75, 3.05) is 7.05 Å². The van der Waals surface area contributed by atoms with Gasteiger partial charge in [0.05, 0.1) is 0 Å². The predicted octanol–water partition coefficient (Wildman–Crippen LogP) is 5.39. The van der Waals surface area contributed by atoms with Crippen molar-refractivity contribution >= 4 is 23.2 Å². The Kier molecular flexibility index (Phi) is 7.41. The van der Waals surface area contributed by atoms with Gasteiger partial charge < -0.3 is 5.32 Å². The molecular formula is C15H21Cl2N. The summed E-state index contributed by atoms with van der Waals surface area (Å²) in [5.74, 6) is 0. The number of allylic oxidation sites excluding steroid dienone is 1. The second-order valence-electron chi connectivity index (χ2n) is 4.47. The molecule has 1 aromatic carbocycles. The van der Waals surface area contributed by atoms with E-state index in [1.54, 1.807) is 6.07 Å². The molecule has 0 aliphatic rings. The molecule has 3 heteroatoms. The van der Waals surface area contributed by atoms with Gasteiger partial charge in [-0.25, -0.2) is 0 Å². The van der Waals surface area contributed by atoms with Gasteiger partial charge >= 0.3 is 0 Å². The zero-order valence-electron chi connectivity index (χ0n) is 10.9. The molecule has 18 heavy (non-hydrogen) atoms. The molecule has 0 aliphatic carbocycles. The largest absolute Gasteiger partial charge is 0.313 e. The van der Waals surface area contributed by atoms with Gasteiger partial charge in [-0.15, -0.1) is 6.58 Å². The molecule has 100 valence electrons. The number of hydrogen-bond donors (Lipinski definition) is 1. The zero-order valence-corrected chi connectivity index (χ0v) is 12.4. The van der Waals surface area contributed by atoms with Crippen molar-refractivity contribution in [3.8, 4) is 0 Å². The zero-order chi connectivity index (χ0) is 13.4. The van der Waals surface area contributed by atoms with Gasteiger partial charge in [0.15, 0.2) is 0 Å². The van der Waals surface area contributed by atoms with Gasteiger partial charge in [-0.3, -0.25) is 0 Å². The molecule has 1 atom stereocenters. The fourth-order valence-electron chi connectivity index (χ4n) is 2.07. The average molecular weight is 286 g/mol. The van der Waals surface area contributed by atoms with E-state index in [9.17, 15) is 0 Å². The molecule has 1 aromatic rings. The van der Waals surface area contributed by atoms with Crippen molar-refractivity contribution in [3.05, 3.63) is 46.5 Å². The monoisotopic (exact) mass is 285 g/mol. The Labute approximate surface area is 120 Å². The first-order valence-electron chi connectivity index (χ1n) is 6.41. The summed E-state index contributed by atoms with van der Waals surface area (Å²) in [6, 6.07) is 6.06. The van der Waals surface area contributed by atoms with Crippen LogP contribution in [0.15, 0.2) is 30.9 Å². The molecule has 0 bridgehead atoms. The summed E-state index contributed by atoms with van der Waals surface area (Å²) in [5, 5.41) is 4.72. The molecule has 0 heterocycles. The third-order valence-corrected chi connectivity index (χ3v) is 3.47. The number of nitrogens with one attached hydrogen (secondary N) is 1. The van der Waals surface area contributed by atoms with Crippen LogP contribution in [-0.2, 0) is 0 Å². The smallest absolute Gasteiger partial charge is 0.0424 e. The number of benzene rings is 1. The van der Waals surface area contributed by atoms with Crippen LogP contribution in [-0.4, -0.2) is 7.05 Å². The normalized spacial score (nSPS) is 12.4. The lowest BCUT2D eigenvalue weighted by atomic mass is 10.00. The second kappa shape index (κ2) is 8.58. The van der Waals surface area contributed by atoms with Gasteiger partial charge in [0.25, 0.3) is 0 Å². The number of unbranched alkanes of at least 4 members (excludes halogenated alkanes) is 3. The summed E-state index contributed by atoms with van der Waals surface area (Å²) >= 11 is 12.1. The summed E-state index contributed by atoms with van der Waals surface area (Å²) in [6.07, 6.45) is 7.84. The Hall–Kier alpha value is -0.500. The average Bonchev–Trinajstić information content (AvgIpc) is 2.32. The molecule has 0 spiro atoms. The van der Waals surface area contributed by atoms with Crippen LogP contribution in [0.4, 0.5) is 0 Å². The lowest BCUT2D eigenvalue weighted by molar-refractivity contribution is 0.508. The Morgan fingerprint density at radius 1 is 1.17 bits per heavy atom. The minimum atomic E-state index is 0.324. The van der Waals surface area contributed by atoms with Gasteiger partial charge in [0.1, 0.15) is 0 Å². The molecular weight excluding hydrogens is 265 g/mol.